The van der Waals surface area contributed by atoms with Crippen molar-refractivity contribution in [2.24, 2.45) is 5.92 Å². The van der Waals surface area contributed by atoms with Crippen LogP contribution in [0.1, 0.15) is 23.7 Å². The van der Waals surface area contributed by atoms with Crippen LogP contribution in [-0.4, -0.2) is 103 Å². The fourth-order valence-corrected chi connectivity index (χ4v) is 6.66. The molecule has 0 aromatic heterocycles. The lowest BCUT2D eigenvalue weighted by atomic mass is 9.99. The number of aliphatic hydroxyl groups excluding tert-OH is 3. The number of carbonyl (C=O) groups excluding carboxylic acids is 3. The van der Waals surface area contributed by atoms with Gasteiger partial charge >= 0.3 is 11.9 Å². The Balaban J connectivity index is 1.47. The van der Waals surface area contributed by atoms with E-state index in [9.17, 15) is 39.6 Å². The lowest BCUT2D eigenvalue weighted by Crippen LogP contribution is -2.61. The van der Waals surface area contributed by atoms with E-state index in [1.807, 2.05) is 30.3 Å². The second-order valence-electron chi connectivity index (χ2n) is 9.83. The molecule has 41 heavy (non-hydrogen) atoms. The van der Waals surface area contributed by atoms with Gasteiger partial charge in [0.05, 0.1) is 0 Å². The Labute approximate surface area is 244 Å². The predicted octanol–water partition coefficient (Wildman–Crippen LogP) is 1.39. The molecule has 11 nitrogen and oxygen atoms in total. The highest BCUT2D eigenvalue weighted by Crippen LogP contribution is 2.35. The molecule has 0 aliphatic carbocycles. The molecule has 0 spiro atoms. The number of hydrogen-bond donors (Lipinski definition) is 4. The van der Waals surface area contributed by atoms with Crippen molar-refractivity contribution < 1.29 is 49.1 Å². The molecule has 2 fully saturated rings. The van der Waals surface area contributed by atoms with Gasteiger partial charge in [-0.3, -0.25) is 9.59 Å². The van der Waals surface area contributed by atoms with Crippen LogP contribution in [0, 0.1) is 5.92 Å². The summed E-state index contributed by atoms with van der Waals surface area (Å²) in [4.78, 5) is 53.2. The molecule has 2 aliphatic heterocycles. The van der Waals surface area contributed by atoms with Gasteiger partial charge in [0.25, 0.3) is 0 Å². The van der Waals surface area contributed by atoms with E-state index in [-0.39, 0.29) is 35.0 Å². The number of esters is 1. The van der Waals surface area contributed by atoms with Gasteiger partial charge in [-0.15, -0.1) is 11.8 Å². The molecule has 2 saturated heterocycles. The summed E-state index contributed by atoms with van der Waals surface area (Å²) >= 11 is 2.48. The summed E-state index contributed by atoms with van der Waals surface area (Å²) in [5, 5.41) is 39.2. The highest BCUT2D eigenvalue weighted by atomic mass is 32.2. The van der Waals surface area contributed by atoms with Gasteiger partial charge < -0.3 is 34.8 Å². The third-order valence-electron chi connectivity index (χ3n) is 6.80. The minimum Gasteiger partial charge on any atom is -0.479 e. The molecule has 1 unspecified atom stereocenters. The number of amides is 1. The number of benzene rings is 2. The number of carbonyl (C=O) groups is 4. The number of thioether (sulfide) groups is 2. The Morgan fingerprint density at radius 3 is 2.24 bits per heavy atom. The zero-order chi connectivity index (χ0) is 29.7. The molecule has 4 N–H and O–H groups in total. The number of carboxylic acids is 1. The fourth-order valence-electron chi connectivity index (χ4n) is 4.60. The Bertz CT molecular complexity index is 1230. The predicted molar refractivity (Wildman–Crippen MR) is 149 cm³/mol. The van der Waals surface area contributed by atoms with Crippen LogP contribution < -0.4 is 0 Å². The van der Waals surface area contributed by atoms with Crippen molar-refractivity contribution >= 4 is 46.5 Å². The van der Waals surface area contributed by atoms with E-state index in [1.165, 1.54) is 16.7 Å². The lowest BCUT2D eigenvalue weighted by Gasteiger charge is -2.38. The van der Waals surface area contributed by atoms with Gasteiger partial charge in [0.15, 0.2) is 6.10 Å². The molecule has 0 bridgehead atoms. The van der Waals surface area contributed by atoms with Crippen LogP contribution in [0.4, 0.5) is 0 Å². The van der Waals surface area contributed by atoms with E-state index >= 15 is 0 Å². The molecule has 0 radical (unpaired) electrons. The lowest BCUT2D eigenvalue weighted by molar-refractivity contribution is -0.287. The number of aliphatic carboxylic acids is 1. The maximum Gasteiger partial charge on any atom is 0.335 e. The quantitative estimate of drug-likeness (QED) is 0.303. The summed E-state index contributed by atoms with van der Waals surface area (Å²) in [5.74, 6) is -3.39. The first-order valence-electron chi connectivity index (χ1n) is 12.9. The number of carboxylic acid groups (broad SMARTS) is 1. The molecule has 2 heterocycles. The van der Waals surface area contributed by atoms with Crippen LogP contribution in [0.25, 0.3) is 0 Å². The first-order valence-corrected chi connectivity index (χ1v) is 14.8. The van der Waals surface area contributed by atoms with Crippen molar-refractivity contribution in [1.82, 2.24) is 4.90 Å². The molecule has 4 rings (SSSR count). The Morgan fingerprint density at radius 2 is 1.61 bits per heavy atom. The molecule has 2 aromatic rings. The van der Waals surface area contributed by atoms with Crippen LogP contribution in [-0.2, 0) is 23.9 Å². The Kier molecular flexibility index (Phi) is 10.4. The van der Waals surface area contributed by atoms with E-state index < -0.39 is 54.6 Å². The summed E-state index contributed by atoms with van der Waals surface area (Å²) in [6.07, 6.45) is -9.41. The van der Waals surface area contributed by atoms with Crippen molar-refractivity contribution in [3.8, 4) is 0 Å². The number of hydrogen-bond acceptors (Lipinski definition) is 11. The van der Waals surface area contributed by atoms with Crippen LogP contribution in [0.15, 0.2) is 65.6 Å². The summed E-state index contributed by atoms with van der Waals surface area (Å²) in [6, 6.07) is 17.0. The van der Waals surface area contributed by atoms with Gasteiger partial charge in [0.1, 0.15) is 24.4 Å². The topological polar surface area (TPSA) is 171 Å². The van der Waals surface area contributed by atoms with Gasteiger partial charge in [0, 0.05) is 33.9 Å². The SMILES string of the molecule is C[C@H](CSC(=O)c1ccccc1)C(=O)N1C[C@@H](Sc2ccccc2)C[C@@H]1C(=O)O[C@H]1OC(C(=O)O)[C@H](O)[C@@H](O)[C@H]1O. The Hall–Kier alpha value is -2.94. The van der Waals surface area contributed by atoms with Gasteiger partial charge in [-0.2, -0.15) is 0 Å². The maximum atomic E-state index is 13.6. The second-order valence-corrected chi connectivity index (χ2v) is 12.2. The van der Waals surface area contributed by atoms with E-state index in [0.29, 0.717) is 5.56 Å². The number of likely N-dealkylation sites (tertiary alicyclic amines) is 1. The fraction of sp³-hybridized carbons (Fsp3) is 0.429. The van der Waals surface area contributed by atoms with Crippen molar-refractivity contribution in [3.63, 3.8) is 0 Å². The van der Waals surface area contributed by atoms with E-state index in [0.717, 1.165) is 16.7 Å². The minimum atomic E-state index is -1.94. The van der Waals surface area contributed by atoms with Gasteiger partial charge in [-0.05, 0) is 18.6 Å². The average molecular weight is 606 g/mol. The van der Waals surface area contributed by atoms with E-state index in [4.69, 9.17) is 9.47 Å². The largest absolute Gasteiger partial charge is 0.479 e. The number of rotatable bonds is 9. The third-order valence-corrected chi connectivity index (χ3v) is 9.19. The highest BCUT2D eigenvalue weighted by molar-refractivity contribution is 8.14. The van der Waals surface area contributed by atoms with Gasteiger partial charge in [-0.1, -0.05) is 67.2 Å². The van der Waals surface area contributed by atoms with Crippen LogP contribution in [0.3, 0.4) is 0 Å². The summed E-state index contributed by atoms with van der Waals surface area (Å²) in [7, 11) is 0. The molecule has 1 amide bonds. The van der Waals surface area contributed by atoms with E-state index in [2.05, 4.69) is 0 Å². The molecule has 2 aliphatic rings. The number of nitrogens with zero attached hydrogens (tertiary/aromatic N) is 1. The zero-order valence-corrected chi connectivity index (χ0v) is 23.6. The van der Waals surface area contributed by atoms with Crippen LogP contribution >= 0.6 is 23.5 Å². The van der Waals surface area contributed by atoms with Crippen molar-refractivity contribution in [3.05, 3.63) is 66.2 Å². The number of ether oxygens (including phenoxy) is 2. The normalized spacial score (nSPS) is 28.6. The first-order chi connectivity index (χ1) is 19.6. The number of aliphatic hydroxyl groups is 3. The summed E-state index contributed by atoms with van der Waals surface area (Å²) in [5.41, 5.74) is 0.511. The van der Waals surface area contributed by atoms with Crippen LogP contribution in [0.2, 0.25) is 0 Å². The molecular formula is C28H31NO10S2. The Morgan fingerprint density at radius 1 is 0.976 bits per heavy atom. The smallest absolute Gasteiger partial charge is 0.335 e. The second kappa shape index (κ2) is 13.8. The molecule has 8 atom stereocenters. The molecule has 0 saturated carbocycles. The highest BCUT2D eigenvalue weighted by Gasteiger charge is 2.50. The zero-order valence-electron chi connectivity index (χ0n) is 22.0. The molecule has 220 valence electrons. The van der Waals surface area contributed by atoms with E-state index in [1.54, 1.807) is 37.3 Å². The van der Waals surface area contributed by atoms with Crippen molar-refractivity contribution in [2.75, 3.05) is 12.3 Å². The van der Waals surface area contributed by atoms with Crippen molar-refractivity contribution in [2.45, 2.75) is 60.2 Å². The van der Waals surface area contributed by atoms with Crippen LogP contribution in [0.5, 0.6) is 0 Å². The average Bonchev–Trinajstić information content (AvgIpc) is 3.40. The summed E-state index contributed by atoms with van der Waals surface area (Å²) in [6.45, 7) is 1.86. The molecular weight excluding hydrogens is 574 g/mol. The summed E-state index contributed by atoms with van der Waals surface area (Å²) < 4.78 is 10.4. The van der Waals surface area contributed by atoms with Crippen molar-refractivity contribution in [1.29, 1.82) is 0 Å². The standard InChI is InChI=1S/C28H31NO10S2/c1-15(14-40-27(37)16-8-4-2-5-9-16)24(33)29-13-18(41-17-10-6-3-7-11-17)12-19(29)26(36)39-28-22(32)20(30)21(31)23(38-28)25(34)35/h2-11,15,18-23,28,30-32H,12-14H2,1H3,(H,34,35)/t15-,18+,19-,20-,21-,22-,23?,28-/m1/s1. The molecule has 2 aromatic carbocycles. The molecule has 13 heteroatoms. The first kappa shape index (κ1) is 31.0. The maximum absolute atomic E-state index is 13.6. The monoisotopic (exact) mass is 605 g/mol. The van der Waals surface area contributed by atoms with Gasteiger partial charge in [-0.25, -0.2) is 9.59 Å². The van der Waals surface area contributed by atoms with Gasteiger partial charge in [0.2, 0.25) is 17.3 Å². The third kappa shape index (κ3) is 7.48. The minimum absolute atomic E-state index is 0.177.